The van der Waals surface area contributed by atoms with E-state index in [0.717, 1.165) is 34.6 Å². The number of anilines is 2. The Morgan fingerprint density at radius 2 is 1.81 bits per heavy atom. The van der Waals surface area contributed by atoms with Gasteiger partial charge in [-0.3, -0.25) is 4.90 Å². The van der Waals surface area contributed by atoms with E-state index >= 15 is 0 Å². The largest absolute Gasteiger partial charge is 0.476 e. The van der Waals surface area contributed by atoms with Crippen LogP contribution in [0.15, 0.2) is 67.3 Å². The average molecular weight is 661 g/mol. The van der Waals surface area contributed by atoms with E-state index in [0.29, 0.717) is 18.5 Å². The van der Waals surface area contributed by atoms with Crippen LogP contribution in [0.2, 0.25) is 0 Å². The number of fused-ring (bicyclic) bond motifs is 2. The molecule has 2 bridgehead atoms. The minimum absolute atomic E-state index is 0.102. The molecule has 2 N–H and O–H groups in total. The Morgan fingerprint density at radius 3 is 2.43 bits per heavy atom. The molecule has 0 saturated heterocycles. The van der Waals surface area contributed by atoms with E-state index in [4.69, 9.17) is 9.72 Å². The molecule has 0 amide bonds. The summed E-state index contributed by atoms with van der Waals surface area (Å²) in [6.45, 7) is 14.1. The summed E-state index contributed by atoms with van der Waals surface area (Å²) in [5, 5.41) is 10.4. The lowest BCUT2D eigenvalue weighted by molar-refractivity contribution is -0.124. The summed E-state index contributed by atoms with van der Waals surface area (Å²) in [5.41, 5.74) is 4.02. The topological polar surface area (TPSA) is 121 Å². The molecular weight excluding hydrogens is 613 g/mol. The van der Waals surface area contributed by atoms with Gasteiger partial charge in [0.05, 0.1) is 5.69 Å². The monoisotopic (exact) mass is 660 g/mol. The van der Waals surface area contributed by atoms with Gasteiger partial charge < -0.3 is 14.7 Å². The van der Waals surface area contributed by atoms with Crippen LogP contribution in [0.5, 0.6) is 5.88 Å². The van der Waals surface area contributed by atoms with E-state index in [1.165, 1.54) is 0 Å². The third-order valence-corrected chi connectivity index (χ3v) is 10.7. The van der Waals surface area contributed by atoms with Crippen LogP contribution < -0.4 is 14.4 Å². The van der Waals surface area contributed by atoms with Crippen molar-refractivity contribution in [2.75, 3.05) is 30.3 Å². The van der Waals surface area contributed by atoms with Crippen LogP contribution in [0.25, 0.3) is 11.3 Å². The molecule has 11 heteroatoms. The van der Waals surface area contributed by atoms with Crippen molar-refractivity contribution >= 4 is 21.8 Å². The summed E-state index contributed by atoms with van der Waals surface area (Å²) in [7, 11) is -0.685. The molecule has 2 aliphatic rings. The summed E-state index contributed by atoms with van der Waals surface area (Å²) in [5.74, 6) is 0.815. The van der Waals surface area contributed by atoms with Gasteiger partial charge in [0.1, 0.15) is 12.4 Å². The zero-order valence-corrected chi connectivity index (χ0v) is 29.4. The van der Waals surface area contributed by atoms with E-state index in [1.807, 2.05) is 69.2 Å². The third kappa shape index (κ3) is 7.22. The van der Waals surface area contributed by atoms with Gasteiger partial charge in [-0.1, -0.05) is 69.8 Å². The van der Waals surface area contributed by atoms with Crippen molar-refractivity contribution in [2.24, 2.45) is 5.41 Å². The van der Waals surface area contributed by atoms with Crippen LogP contribution in [-0.4, -0.2) is 71.2 Å². The standard InChI is InChI=1S/C36H48N6O4S/c1-9-10-11-20-36(43)42(30-19-18-27(30)28-16-13-17-31(37-28)41(7)8)26(22-35(4,5)6)23-46-32-21-29(33-24(2)14-12-15-25(33)3)38-34(39-32)40-47(36,44)45/h9-17,21,26-27,30,43H,1,18-20,22-23H2,2-8H3,(H,38,39,40)/b11-10-/t26-,27?,30?,36?/m1/s1. The van der Waals surface area contributed by atoms with Crippen molar-refractivity contribution in [1.82, 2.24) is 19.9 Å². The molecule has 4 atom stereocenters. The molecule has 47 heavy (non-hydrogen) atoms. The number of aryl methyl sites for hydroxylation is 2. The number of benzene rings is 1. The Kier molecular flexibility index (Phi) is 9.82. The number of nitrogens with one attached hydrogen (secondary N) is 1. The molecule has 252 valence electrons. The second-order valence-corrected chi connectivity index (χ2v) is 16.0. The molecule has 3 aromatic rings. The van der Waals surface area contributed by atoms with Crippen LogP contribution in [0.4, 0.5) is 11.8 Å². The molecule has 1 aromatic carbocycles. The number of hydrogen-bond donors (Lipinski definition) is 2. The SMILES string of the molecule is C=C/C=C\CC1(O)N(C2CCC2c2cccc(N(C)C)n2)[C@H](CC(C)(C)C)COc2cc(-c3c(C)cccc3C)nc(n2)NS1(=O)=O. The predicted molar refractivity (Wildman–Crippen MR) is 188 cm³/mol. The fourth-order valence-electron chi connectivity index (χ4n) is 6.76. The Morgan fingerprint density at radius 1 is 1.11 bits per heavy atom. The van der Waals surface area contributed by atoms with Crippen molar-refractivity contribution in [3.63, 3.8) is 0 Å². The van der Waals surface area contributed by atoms with Gasteiger partial charge >= 0.3 is 0 Å². The van der Waals surface area contributed by atoms with Gasteiger partial charge in [-0.05, 0) is 61.8 Å². The fourth-order valence-corrected chi connectivity index (χ4v) is 8.13. The molecule has 3 unspecified atom stereocenters. The number of allylic oxidation sites excluding steroid dienone is 2. The number of nitrogens with zero attached hydrogens (tertiary/aromatic N) is 5. The lowest BCUT2D eigenvalue weighted by Crippen LogP contribution is -2.67. The lowest BCUT2D eigenvalue weighted by atomic mass is 9.74. The van der Waals surface area contributed by atoms with Gasteiger partial charge in [0.2, 0.25) is 16.9 Å². The molecule has 5 rings (SSSR count). The Bertz CT molecular complexity index is 1730. The van der Waals surface area contributed by atoms with E-state index in [2.05, 4.69) is 42.0 Å². The molecule has 2 aromatic heterocycles. The number of hydrogen-bond acceptors (Lipinski definition) is 9. The summed E-state index contributed by atoms with van der Waals surface area (Å²) in [6.07, 6.45) is 6.67. The van der Waals surface area contributed by atoms with Gasteiger partial charge in [0.15, 0.2) is 0 Å². The number of sulfonamides is 1. The van der Waals surface area contributed by atoms with Gasteiger partial charge in [-0.15, -0.1) is 0 Å². The maximum Gasteiger partial charge on any atom is 0.280 e. The smallest absolute Gasteiger partial charge is 0.280 e. The van der Waals surface area contributed by atoms with Crippen molar-refractivity contribution in [1.29, 1.82) is 0 Å². The molecule has 1 saturated carbocycles. The third-order valence-electron chi connectivity index (χ3n) is 9.01. The van der Waals surface area contributed by atoms with Crippen LogP contribution in [-0.2, 0) is 10.0 Å². The van der Waals surface area contributed by atoms with Crippen molar-refractivity contribution in [3.8, 4) is 17.1 Å². The summed E-state index contributed by atoms with van der Waals surface area (Å²) in [6, 6.07) is 12.8. The molecule has 1 fully saturated rings. The quantitative estimate of drug-likeness (QED) is 0.273. The second-order valence-electron chi connectivity index (χ2n) is 14.1. The van der Waals surface area contributed by atoms with Gasteiger partial charge in [0.25, 0.3) is 10.0 Å². The van der Waals surface area contributed by atoms with E-state index in [1.54, 1.807) is 29.2 Å². The highest BCUT2D eigenvalue weighted by Crippen LogP contribution is 2.47. The molecule has 10 nitrogen and oxygen atoms in total. The van der Waals surface area contributed by atoms with Gasteiger partial charge in [-0.2, -0.15) is 4.98 Å². The average Bonchev–Trinajstić information content (AvgIpc) is 2.96. The molecule has 1 aliphatic carbocycles. The van der Waals surface area contributed by atoms with Crippen LogP contribution in [0.1, 0.15) is 69.2 Å². The minimum atomic E-state index is -4.57. The Labute approximate surface area is 279 Å². The highest BCUT2D eigenvalue weighted by Gasteiger charge is 2.56. The van der Waals surface area contributed by atoms with Gasteiger partial charge in [-0.25, -0.2) is 23.1 Å². The molecule has 3 heterocycles. The summed E-state index contributed by atoms with van der Waals surface area (Å²) < 4.78 is 38.4. The number of aliphatic hydroxyl groups is 1. The highest BCUT2D eigenvalue weighted by molar-refractivity contribution is 7.93. The first-order valence-corrected chi connectivity index (χ1v) is 17.7. The van der Waals surface area contributed by atoms with Crippen LogP contribution in [0.3, 0.4) is 0 Å². The van der Waals surface area contributed by atoms with E-state index < -0.39 is 21.1 Å². The molecular formula is C36H48N6O4S. The summed E-state index contributed by atoms with van der Waals surface area (Å²) >= 11 is 0. The number of pyridine rings is 1. The van der Waals surface area contributed by atoms with Crippen LogP contribution >= 0.6 is 0 Å². The zero-order chi connectivity index (χ0) is 34.1. The zero-order valence-electron chi connectivity index (χ0n) is 28.6. The summed E-state index contributed by atoms with van der Waals surface area (Å²) in [4.78, 5) is 17.7. The first-order chi connectivity index (χ1) is 22.1. The fraction of sp³-hybridized carbons (Fsp3) is 0.472. The maximum atomic E-state index is 14.7. The molecule has 0 spiro atoms. The molecule has 0 radical (unpaired) electrons. The van der Waals surface area contributed by atoms with Gasteiger partial charge in [0, 0.05) is 55.8 Å². The second kappa shape index (κ2) is 13.4. The lowest BCUT2D eigenvalue weighted by Gasteiger charge is -2.54. The first-order valence-electron chi connectivity index (χ1n) is 16.2. The van der Waals surface area contributed by atoms with Crippen molar-refractivity contribution in [3.05, 3.63) is 84.1 Å². The van der Waals surface area contributed by atoms with Crippen molar-refractivity contribution < 1.29 is 18.3 Å². The first kappa shape index (κ1) is 34.5. The number of aromatic nitrogens is 3. The van der Waals surface area contributed by atoms with E-state index in [-0.39, 0.29) is 42.2 Å². The predicted octanol–water partition coefficient (Wildman–Crippen LogP) is 6.19. The molecule has 1 aliphatic heterocycles. The normalized spacial score (nSPS) is 24.6. The highest BCUT2D eigenvalue weighted by atomic mass is 32.2. The van der Waals surface area contributed by atoms with Crippen LogP contribution in [0, 0.1) is 19.3 Å². The number of ether oxygens (including phenoxy) is 1. The van der Waals surface area contributed by atoms with Crippen molar-refractivity contribution in [2.45, 2.75) is 83.4 Å². The Hall–Kier alpha value is -3.80. The minimum Gasteiger partial charge on any atom is -0.476 e. The maximum absolute atomic E-state index is 14.7. The van der Waals surface area contributed by atoms with E-state index in [9.17, 15) is 13.5 Å². The number of rotatable bonds is 8. The Balaban J connectivity index is 1.68.